The quantitative estimate of drug-likeness (QED) is 0.268. The van der Waals surface area contributed by atoms with Crippen LogP contribution in [0.3, 0.4) is 0 Å². The summed E-state index contributed by atoms with van der Waals surface area (Å²) in [5.74, 6) is 0.586. The van der Waals surface area contributed by atoms with Crippen LogP contribution in [0.1, 0.15) is 103 Å². The maximum Gasteiger partial charge on any atom is 0.0601 e. The Morgan fingerprint density at radius 1 is 0.900 bits per heavy atom. The van der Waals surface area contributed by atoms with Gasteiger partial charge in [-0.1, -0.05) is 82.7 Å². The predicted octanol–water partition coefficient (Wildman–Crippen LogP) is 6.32. The van der Waals surface area contributed by atoms with Crippen LogP contribution in [0.4, 0.5) is 0 Å². The normalized spacial score (nSPS) is 21.4. The van der Waals surface area contributed by atoms with Gasteiger partial charge >= 0.3 is 0 Å². The molecule has 1 aliphatic rings. The number of oxime groups is 1. The van der Waals surface area contributed by atoms with Crippen molar-refractivity contribution in [3.8, 4) is 0 Å². The summed E-state index contributed by atoms with van der Waals surface area (Å²) in [5, 5.41) is 12.5. The summed E-state index contributed by atoms with van der Waals surface area (Å²) in [5.41, 5.74) is 1.08. The van der Waals surface area contributed by atoms with E-state index in [1.165, 1.54) is 89.9 Å². The van der Waals surface area contributed by atoms with Crippen LogP contribution in [0, 0.1) is 5.92 Å². The van der Waals surface area contributed by atoms with Crippen LogP contribution in [-0.4, -0.2) is 10.9 Å². The third kappa shape index (κ3) is 7.91. The van der Waals surface area contributed by atoms with Crippen LogP contribution >= 0.6 is 0 Å². The monoisotopic (exact) mass is 281 g/mol. The van der Waals surface area contributed by atoms with Gasteiger partial charge in [-0.15, -0.1) is 0 Å². The minimum absolute atomic E-state index is 0.586. The lowest BCUT2D eigenvalue weighted by Gasteiger charge is -2.22. The Bertz CT molecular complexity index is 250. The molecule has 20 heavy (non-hydrogen) atoms. The highest BCUT2D eigenvalue weighted by Gasteiger charge is 2.20. The standard InChI is InChI=1S/C18H35NO/c1-2-3-4-5-6-7-8-9-10-11-14-17-15-12-13-16-18(17)19-20/h17,20H,2-16H2,1H3/b19-18+. The number of hydrogen-bond donors (Lipinski definition) is 1. The molecule has 1 aliphatic carbocycles. The first-order valence-electron chi connectivity index (χ1n) is 9.09. The minimum Gasteiger partial charge on any atom is -0.411 e. The third-order valence-electron chi connectivity index (χ3n) is 4.74. The molecule has 0 radical (unpaired) electrons. The van der Waals surface area contributed by atoms with Gasteiger partial charge in [0, 0.05) is 5.92 Å². The average Bonchev–Trinajstić information content (AvgIpc) is 2.49. The number of hydrogen-bond acceptors (Lipinski definition) is 2. The summed E-state index contributed by atoms with van der Waals surface area (Å²) in [6.07, 6.45) is 20.0. The lowest BCUT2D eigenvalue weighted by molar-refractivity contribution is 0.307. The lowest BCUT2D eigenvalue weighted by atomic mass is 9.84. The molecule has 1 unspecified atom stereocenters. The topological polar surface area (TPSA) is 32.6 Å². The van der Waals surface area contributed by atoms with Crippen LogP contribution in [0.15, 0.2) is 5.16 Å². The van der Waals surface area contributed by atoms with E-state index in [0.29, 0.717) is 5.92 Å². The highest BCUT2D eigenvalue weighted by molar-refractivity contribution is 5.86. The Balaban J connectivity index is 1.89. The van der Waals surface area contributed by atoms with Crippen molar-refractivity contribution in [3.63, 3.8) is 0 Å². The van der Waals surface area contributed by atoms with Crippen molar-refractivity contribution in [3.05, 3.63) is 0 Å². The largest absolute Gasteiger partial charge is 0.411 e. The van der Waals surface area contributed by atoms with E-state index >= 15 is 0 Å². The molecule has 1 rings (SSSR count). The van der Waals surface area contributed by atoms with E-state index in [1.54, 1.807) is 0 Å². The van der Waals surface area contributed by atoms with Crippen molar-refractivity contribution >= 4 is 5.71 Å². The van der Waals surface area contributed by atoms with Gasteiger partial charge in [-0.25, -0.2) is 0 Å². The van der Waals surface area contributed by atoms with E-state index in [-0.39, 0.29) is 0 Å². The summed E-state index contributed by atoms with van der Waals surface area (Å²) in [7, 11) is 0. The molecule has 1 fully saturated rings. The number of unbranched alkanes of at least 4 members (excludes halogenated alkanes) is 9. The lowest BCUT2D eigenvalue weighted by Crippen LogP contribution is -2.19. The van der Waals surface area contributed by atoms with Crippen LogP contribution in [-0.2, 0) is 0 Å². The molecule has 2 nitrogen and oxygen atoms in total. The van der Waals surface area contributed by atoms with E-state index in [1.807, 2.05) is 0 Å². The smallest absolute Gasteiger partial charge is 0.0601 e. The minimum atomic E-state index is 0.586. The highest BCUT2D eigenvalue weighted by atomic mass is 16.4. The zero-order valence-electron chi connectivity index (χ0n) is 13.6. The molecule has 0 aromatic rings. The fourth-order valence-corrected chi connectivity index (χ4v) is 3.39. The Labute approximate surface area is 126 Å². The molecule has 0 saturated heterocycles. The van der Waals surface area contributed by atoms with Gasteiger partial charge in [-0.05, 0) is 25.7 Å². The van der Waals surface area contributed by atoms with Crippen molar-refractivity contribution in [2.45, 2.75) is 103 Å². The molecule has 0 heterocycles. The predicted molar refractivity (Wildman–Crippen MR) is 87.6 cm³/mol. The van der Waals surface area contributed by atoms with E-state index < -0.39 is 0 Å². The van der Waals surface area contributed by atoms with Gasteiger partial charge < -0.3 is 5.21 Å². The van der Waals surface area contributed by atoms with Gasteiger partial charge in [0.2, 0.25) is 0 Å². The molecule has 1 atom stereocenters. The van der Waals surface area contributed by atoms with Crippen molar-refractivity contribution in [2.75, 3.05) is 0 Å². The van der Waals surface area contributed by atoms with Crippen LogP contribution < -0.4 is 0 Å². The molecule has 0 spiro atoms. The maximum absolute atomic E-state index is 9.01. The first-order valence-corrected chi connectivity index (χ1v) is 9.09. The Morgan fingerprint density at radius 2 is 1.50 bits per heavy atom. The summed E-state index contributed by atoms with van der Waals surface area (Å²) >= 11 is 0. The Morgan fingerprint density at radius 3 is 2.10 bits per heavy atom. The fourth-order valence-electron chi connectivity index (χ4n) is 3.39. The SMILES string of the molecule is CCCCCCCCCCCCC1CCCC/C1=N\O. The summed E-state index contributed by atoms with van der Waals surface area (Å²) < 4.78 is 0. The molecular weight excluding hydrogens is 246 g/mol. The Hall–Kier alpha value is -0.530. The van der Waals surface area contributed by atoms with Crippen molar-refractivity contribution in [1.82, 2.24) is 0 Å². The van der Waals surface area contributed by atoms with Gasteiger partial charge in [0.15, 0.2) is 0 Å². The second-order valence-corrected chi connectivity index (χ2v) is 6.50. The van der Waals surface area contributed by atoms with E-state index in [0.717, 1.165) is 12.1 Å². The highest BCUT2D eigenvalue weighted by Crippen LogP contribution is 2.26. The molecule has 0 bridgehead atoms. The van der Waals surface area contributed by atoms with E-state index in [4.69, 9.17) is 5.21 Å². The molecule has 1 saturated carbocycles. The van der Waals surface area contributed by atoms with Crippen LogP contribution in [0.2, 0.25) is 0 Å². The average molecular weight is 281 g/mol. The summed E-state index contributed by atoms with van der Waals surface area (Å²) in [6, 6.07) is 0. The molecule has 0 aliphatic heterocycles. The second-order valence-electron chi connectivity index (χ2n) is 6.50. The van der Waals surface area contributed by atoms with Crippen LogP contribution in [0.25, 0.3) is 0 Å². The zero-order valence-corrected chi connectivity index (χ0v) is 13.6. The van der Waals surface area contributed by atoms with Crippen molar-refractivity contribution in [2.24, 2.45) is 11.1 Å². The van der Waals surface area contributed by atoms with E-state index in [9.17, 15) is 0 Å². The first kappa shape index (κ1) is 17.5. The van der Waals surface area contributed by atoms with Gasteiger partial charge in [-0.3, -0.25) is 0 Å². The molecule has 0 aromatic heterocycles. The third-order valence-corrected chi connectivity index (χ3v) is 4.74. The van der Waals surface area contributed by atoms with Crippen molar-refractivity contribution in [1.29, 1.82) is 0 Å². The molecule has 2 heteroatoms. The van der Waals surface area contributed by atoms with Crippen LogP contribution in [0.5, 0.6) is 0 Å². The van der Waals surface area contributed by atoms with Gasteiger partial charge in [0.25, 0.3) is 0 Å². The summed E-state index contributed by atoms with van der Waals surface area (Å²) in [6.45, 7) is 2.28. The van der Waals surface area contributed by atoms with Gasteiger partial charge in [0.05, 0.1) is 5.71 Å². The first-order chi connectivity index (χ1) is 9.88. The molecule has 0 amide bonds. The number of nitrogens with zero attached hydrogens (tertiary/aromatic N) is 1. The zero-order chi connectivity index (χ0) is 14.5. The van der Waals surface area contributed by atoms with Gasteiger partial charge in [0.1, 0.15) is 0 Å². The fraction of sp³-hybridized carbons (Fsp3) is 0.944. The van der Waals surface area contributed by atoms with Gasteiger partial charge in [-0.2, -0.15) is 0 Å². The van der Waals surface area contributed by atoms with Crippen molar-refractivity contribution < 1.29 is 5.21 Å². The number of rotatable bonds is 11. The molecule has 0 aromatic carbocycles. The molecule has 118 valence electrons. The Kier molecular flexibility index (Phi) is 10.7. The maximum atomic E-state index is 9.01. The summed E-state index contributed by atoms with van der Waals surface area (Å²) in [4.78, 5) is 0. The second kappa shape index (κ2) is 12.2. The molecular formula is C18H35NO. The molecule has 1 N–H and O–H groups in total. The van der Waals surface area contributed by atoms with E-state index in [2.05, 4.69) is 12.1 Å².